The molecule has 366 valence electrons. The molecular formula is C73H56BN3. The van der Waals surface area contributed by atoms with E-state index in [9.17, 15) is 0 Å². The minimum absolute atomic E-state index is 0.0683. The Bertz CT molecular complexity index is 4230. The lowest BCUT2D eigenvalue weighted by Crippen LogP contribution is -2.61. The molecule has 15 rings (SSSR count). The van der Waals surface area contributed by atoms with Crippen LogP contribution in [0.3, 0.4) is 0 Å². The average molecular weight is 986 g/mol. The topological polar surface area (TPSA) is 11.4 Å². The molecule has 0 N–H and O–H groups in total. The van der Waals surface area contributed by atoms with Crippen LogP contribution in [0, 0.1) is 0 Å². The van der Waals surface area contributed by atoms with E-state index in [1.165, 1.54) is 111 Å². The highest BCUT2D eigenvalue weighted by Gasteiger charge is 2.45. The van der Waals surface area contributed by atoms with E-state index >= 15 is 0 Å². The van der Waals surface area contributed by atoms with Crippen LogP contribution >= 0.6 is 0 Å². The van der Waals surface area contributed by atoms with Crippen molar-refractivity contribution >= 4 is 79.0 Å². The van der Waals surface area contributed by atoms with Crippen LogP contribution < -0.4 is 26.2 Å². The van der Waals surface area contributed by atoms with Gasteiger partial charge in [-0.15, -0.1) is 0 Å². The maximum absolute atomic E-state index is 2.58. The van der Waals surface area contributed by atoms with Crippen LogP contribution in [0.5, 0.6) is 0 Å². The Morgan fingerprint density at radius 3 is 1.18 bits per heavy atom. The van der Waals surface area contributed by atoms with Crippen molar-refractivity contribution in [2.45, 2.75) is 44.9 Å². The third kappa shape index (κ3) is 7.19. The first-order chi connectivity index (χ1) is 37.7. The van der Waals surface area contributed by atoms with Crippen molar-refractivity contribution in [3.05, 3.63) is 266 Å². The fourth-order valence-electron chi connectivity index (χ4n) is 13.9. The van der Waals surface area contributed by atoms with Crippen molar-refractivity contribution in [3.8, 4) is 50.2 Å². The molecule has 4 heteroatoms. The molecule has 0 radical (unpaired) electrons. The highest BCUT2D eigenvalue weighted by Crippen LogP contribution is 2.51. The highest BCUT2D eigenvalue weighted by atomic mass is 15.2. The van der Waals surface area contributed by atoms with Crippen molar-refractivity contribution in [1.29, 1.82) is 0 Å². The van der Waals surface area contributed by atoms with E-state index in [2.05, 4.69) is 297 Å². The van der Waals surface area contributed by atoms with Crippen LogP contribution in [0.1, 0.15) is 45.2 Å². The number of rotatable bonds is 7. The maximum atomic E-state index is 2.58. The average Bonchev–Trinajstić information content (AvgIpc) is 4.07. The van der Waals surface area contributed by atoms with E-state index < -0.39 is 0 Å². The SMILES string of the molecule is CC1(C)CC(C)(C)c2cc(-c3ccc(N4c5cc(-c6ccccc6)ccc5B5c6ccc(-c7ccccc7)cc6N(c6ccc(-c7ccccc7)cc6)c6cc(-n7c8ccccc8c8ccccc87)cc4c65)cc3)ccc21. The van der Waals surface area contributed by atoms with Gasteiger partial charge in [0, 0.05) is 44.9 Å². The molecular weight excluding hydrogens is 930 g/mol. The summed E-state index contributed by atoms with van der Waals surface area (Å²) < 4.78 is 2.50. The van der Waals surface area contributed by atoms with Crippen LogP contribution in [0.25, 0.3) is 72.0 Å². The van der Waals surface area contributed by atoms with Gasteiger partial charge < -0.3 is 14.4 Å². The summed E-state index contributed by atoms with van der Waals surface area (Å²) in [6.45, 7) is 9.55. The van der Waals surface area contributed by atoms with E-state index in [1.54, 1.807) is 0 Å². The maximum Gasteiger partial charge on any atom is 0.252 e. The van der Waals surface area contributed by atoms with Gasteiger partial charge in [-0.25, -0.2) is 0 Å². The van der Waals surface area contributed by atoms with Gasteiger partial charge in [0.05, 0.1) is 16.7 Å². The Morgan fingerprint density at radius 1 is 0.312 bits per heavy atom. The first kappa shape index (κ1) is 45.3. The van der Waals surface area contributed by atoms with Crippen LogP contribution in [-0.2, 0) is 10.8 Å². The zero-order valence-electron chi connectivity index (χ0n) is 43.9. The third-order valence-corrected chi connectivity index (χ3v) is 17.2. The van der Waals surface area contributed by atoms with Crippen molar-refractivity contribution in [2.75, 3.05) is 9.80 Å². The molecule has 77 heavy (non-hydrogen) atoms. The number of benzene rings is 11. The zero-order chi connectivity index (χ0) is 51.6. The number of para-hydroxylation sites is 2. The molecule has 0 bridgehead atoms. The highest BCUT2D eigenvalue weighted by molar-refractivity contribution is 7.00. The summed E-state index contributed by atoms with van der Waals surface area (Å²) in [5.41, 5.74) is 27.1. The fraction of sp³-hybridized carbons (Fsp3) is 0.0959. The van der Waals surface area contributed by atoms with Crippen LogP contribution in [0.15, 0.2) is 255 Å². The third-order valence-electron chi connectivity index (χ3n) is 17.2. The molecule has 3 nitrogen and oxygen atoms in total. The van der Waals surface area contributed by atoms with Gasteiger partial charge in [-0.2, -0.15) is 0 Å². The summed E-state index contributed by atoms with van der Waals surface area (Å²) in [6.07, 6.45) is 1.14. The second-order valence-electron chi connectivity index (χ2n) is 22.8. The summed E-state index contributed by atoms with van der Waals surface area (Å²) in [5.74, 6) is 0. The summed E-state index contributed by atoms with van der Waals surface area (Å²) in [5, 5.41) is 2.48. The predicted molar refractivity (Wildman–Crippen MR) is 327 cm³/mol. The van der Waals surface area contributed by atoms with Crippen molar-refractivity contribution < 1.29 is 0 Å². The molecule has 0 spiro atoms. The fourth-order valence-corrected chi connectivity index (χ4v) is 13.9. The molecule has 0 fully saturated rings. The van der Waals surface area contributed by atoms with E-state index in [0.717, 1.165) is 29.2 Å². The first-order valence-corrected chi connectivity index (χ1v) is 27.2. The van der Waals surface area contributed by atoms with E-state index in [-0.39, 0.29) is 17.5 Å². The molecule has 12 aromatic rings. The lowest BCUT2D eigenvalue weighted by Gasteiger charge is -2.44. The smallest absolute Gasteiger partial charge is 0.252 e. The first-order valence-electron chi connectivity index (χ1n) is 27.2. The molecule has 11 aromatic carbocycles. The Kier molecular flexibility index (Phi) is 10.1. The van der Waals surface area contributed by atoms with Crippen molar-refractivity contribution in [3.63, 3.8) is 0 Å². The number of anilines is 6. The molecule has 3 aliphatic rings. The molecule has 0 saturated carbocycles. The Morgan fingerprint density at radius 2 is 0.688 bits per heavy atom. The molecule has 1 aliphatic carbocycles. The number of nitrogens with zero attached hydrogens (tertiary/aromatic N) is 3. The van der Waals surface area contributed by atoms with Gasteiger partial charge in [-0.3, -0.25) is 0 Å². The molecule has 2 aliphatic heterocycles. The van der Waals surface area contributed by atoms with E-state index in [4.69, 9.17) is 0 Å². The van der Waals surface area contributed by atoms with E-state index in [1.807, 2.05) is 0 Å². The molecule has 1 aromatic heterocycles. The van der Waals surface area contributed by atoms with Gasteiger partial charge in [-0.05, 0) is 150 Å². The minimum atomic E-state index is -0.0683. The lowest BCUT2D eigenvalue weighted by atomic mass is 9.33. The number of hydrogen-bond acceptors (Lipinski definition) is 2. The van der Waals surface area contributed by atoms with Crippen LogP contribution in [0.4, 0.5) is 34.1 Å². The largest absolute Gasteiger partial charge is 0.311 e. The summed E-state index contributed by atoms with van der Waals surface area (Å²) in [4.78, 5) is 5.14. The van der Waals surface area contributed by atoms with Gasteiger partial charge in [-0.1, -0.05) is 222 Å². The summed E-state index contributed by atoms with van der Waals surface area (Å²) >= 11 is 0. The molecule has 0 unspecified atom stereocenters. The summed E-state index contributed by atoms with van der Waals surface area (Å²) in [7, 11) is 0. The Hall–Kier alpha value is -9.12. The standard InChI is InChI=1S/C73H56BN3/c1-72(2)47-73(3,4)62-42-53(32-39-61(62)72)52-30-37-57(38-31-52)76-68-44-55(50-22-12-7-13-23-50)34-41-64(68)74-63-40-33-54(49-20-10-6-11-21-49)43-67(63)75(56-35-28-51(29-36-56)48-18-8-5-9-19-48)69-45-58(46-70(76)71(69)74)77-65-26-16-14-24-59(65)60-25-15-17-27-66(60)77/h5-46H,47H2,1-4H3. The Labute approximate surface area is 452 Å². The van der Waals surface area contributed by atoms with Crippen LogP contribution in [-0.4, -0.2) is 11.3 Å². The van der Waals surface area contributed by atoms with Crippen LogP contribution in [0.2, 0.25) is 0 Å². The summed E-state index contributed by atoms with van der Waals surface area (Å²) in [6, 6.07) is 95.5. The van der Waals surface area contributed by atoms with Crippen molar-refractivity contribution in [1.82, 2.24) is 4.57 Å². The van der Waals surface area contributed by atoms with Gasteiger partial charge in [0.25, 0.3) is 6.71 Å². The predicted octanol–water partition coefficient (Wildman–Crippen LogP) is 17.5. The molecule has 0 saturated heterocycles. The second kappa shape index (κ2) is 17.2. The minimum Gasteiger partial charge on any atom is -0.311 e. The normalized spacial score (nSPS) is 14.6. The van der Waals surface area contributed by atoms with Gasteiger partial charge in [0.2, 0.25) is 0 Å². The van der Waals surface area contributed by atoms with E-state index in [0.29, 0.717) is 0 Å². The number of aromatic nitrogens is 1. The quantitative estimate of drug-likeness (QED) is 0.147. The molecule has 0 amide bonds. The number of fused-ring (bicyclic) bond motifs is 8. The Balaban J connectivity index is 1.01. The van der Waals surface area contributed by atoms with Crippen molar-refractivity contribution in [2.24, 2.45) is 0 Å². The monoisotopic (exact) mass is 985 g/mol. The molecule has 0 atom stereocenters. The van der Waals surface area contributed by atoms with Gasteiger partial charge in [0.1, 0.15) is 0 Å². The zero-order valence-corrected chi connectivity index (χ0v) is 43.9. The number of hydrogen-bond donors (Lipinski definition) is 0. The molecule has 3 heterocycles. The second-order valence-corrected chi connectivity index (χ2v) is 22.8. The van der Waals surface area contributed by atoms with Gasteiger partial charge in [0.15, 0.2) is 0 Å². The van der Waals surface area contributed by atoms with Gasteiger partial charge >= 0.3 is 0 Å². The lowest BCUT2D eigenvalue weighted by molar-refractivity contribution is 0.403.